The summed E-state index contributed by atoms with van der Waals surface area (Å²) in [5.41, 5.74) is 5.76. The molecular formula is C11H24N2OS. The van der Waals surface area contributed by atoms with Crippen LogP contribution in [-0.4, -0.2) is 30.0 Å². The van der Waals surface area contributed by atoms with Crippen LogP contribution in [0.5, 0.6) is 0 Å². The van der Waals surface area contributed by atoms with Gasteiger partial charge in [0.25, 0.3) is 0 Å². The fraction of sp³-hybridized carbons (Fsp3) is 0.909. The van der Waals surface area contributed by atoms with E-state index in [1.165, 1.54) is 0 Å². The van der Waals surface area contributed by atoms with E-state index in [1.54, 1.807) is 11.8 Å². The molecule has 0 aromatic rings. The Hall–Kier alpha value is -0.220. The highest BCUT2D eigenvalue weighted by Crippen LogP contribution is 2.04. The lowest BCUT2D eigenvalue weighted by molar-refractivity contribution is -0.123. The van der Waals surface area contributed by atoms with Gasteiger partial charge in [-0.05, 0) is 37.7 Å². The Morgan fingerprint density at radius 3 is 2.47 bits per heavy atom. The molecule has 1 amide bonds. The average Bonchev–Trinajstić information content (AvgIpc) is 2.12. The Balaban J connectivity index is 3.80. The lowest BCUT2D eigenvalue weighted by Crippen LogP contribution is -2.45. The van der Waals surface area contributed by atoms with Gasteiger partial charge in [0.15, 0.2) is 0 Å². The van der Waals surface area contributed by atoms with Gasteiger partial charge in [-0.1, -0.05) is 13.8 Å². The van der Waals surface area contributed by atoms with Gasteiger partial charge >= 0.3 is 0 Å². The molecule has 0 aliphatic carbocycles. The summed E-state index contributed by atoms with van der Waals surface area (Å²) in [5.74, 6) is 1.52. The molecule has 0 heterocycles. The number of thioether (sulfide) groups is 1. The van der Waals surface area contributed by atoms with Gasteiger partial charge < -0.3 is 11.1 Å². The van der Waals surface area contributed by atoms with Crippen molar-refractivity contribution in [2.45, 2.75) is 45.7 Å². The maximum absolute atomic E-state index is 11.6. The summed E-state index contributed by atoms with van der Waals surface area (Å²) >= 11 is 1.72. The normalized spacial score (nSPS) is 15.1. The van der Waals surface area contributed by atoms with Crippen LogP contribution in [0.4, 0.5) is 0 Å². The summed E-state index contributed by atoms with van der Waals surface area (Å²) in [5, 5.41) is 2.95. The van der Waals surface area contributed by atoms with Crippen LogP contribution in [0.1, 0.15) is 33.6 Å². The maximum atomic E-state index is 11.6. The molecule has 3 N–H and O–H groups in total. The van der Waals surface area contributed by atoms with Crippen molar-refractivity contribution >= 4 is 17.7 Å². The molecule has 0 radical (unpaired) electrons. The SMILES string of the molecule is CSCC[C@@H](N)C(=O)NC(C)CC(C)C. The molecule has 0 spiro atoms. The first-order chi connectivity index (χ1) is 6.97. The van der Waals surface area contributed by atoms with E-state index in [9.17, 15) is 4.79 Å². The van der Waals surface area contributed by atoms with E-state index in [1.807, 2.05) is 13.2 Å². The van der Waals surface area contributed by atoms with Crippen LogP contribution < -0.4 is 11.1 Å². The van der Waals surface area contributed by atoms with E-state index >= 15 is 0 Å². The van der Waals surface area contributed by atoms with Crippen LogP contribution in [0.15, 0.2) is 0 Å². The van der Waals surface area contributed by atoms with Gasteiger partial charge in [-0.15, -0.1) is 0 Å². The first-order valence-electron chi connectivity index (χ1n) is 5.52. The minimum atomic E-state index is -0.355. The highest BCUT2D eigenvalue weighted by Gasteiger charge is 2.15. The molecule has 4 heteroatoms. The van der Waals surface area contributed by atoms with Crippen molar-refractivity contribution in [1.82, 2.24) is 5.32 Å². The fourth-order valence-corrected chi connectivity index (χ4v) is 1.98. The van der Waals surface area contributed by atoms with E-state index in [2.05, 4.69) is 19.2 Å². The molecule has 0 rings (SSSR count). The summed E-state index contributed by atoms with van der Waals surface area (Å²) in [6.45, 7) is 6.33. The number of hydrogen-bond acceptors (Lipinski definition) is 3. The molecule has 0 saturated heterocycles. The summed E-state index contributed by atoms with van der Waals surface area (Å²) in [6.07, 6.45) is 3.77. The van der Waals surface area contributed by atoms with Crippen molar-refractivity contribution in [3.8, 4) is 0 Å². The van der Waals surface area contributed by atoms with Crippen molar-refractivity contribution in [3.05, 3.63) is 0 Å². The molecule has 0 aliphatic rings. The second-order valence-electron chi connectivity index (χ2n) is 4.43. The Labute approximate surface area is 97.6 Å². The number of hydrogen-bond donors (Lipinski definition) is 2. The lowest BCUT2D eigenvalue weighted by atomic mass is 10.0. The van der Waals surface area contributed by atoms with Crippen LogP contribution in [0.25, 0.3) is 0 Å². The average molecular weight is 232 g/mol. The van der Waals surface area contributed by atoms with Crippen molar-refractivity contribution in [2.75, 3.05) is 12.0 Å². The molecule has 0 saturated carbocycles. The van der Waals surface area contributed by atoms with E-state index < -0.39 is 0 Å². The van der Waals surface area contributed by atoms with Gasteiger partial charge in [-0.25, -0.2) is 0 Å². The van der Waals surface area contributed by atoms with E-state index in [0.717, 1.165) is 18.6 Å². The minimum Gasteiger partial charge on any atom is -0.352 e. The van der Waals surface area contributed by atoms with Crippen LogP contribution in [-0.2, 0) is 4.79 Å². The molecule has 0 bridgehead atoms. The zero-order chi connectivity index (χ0) is 11.8. The Morgan fingerprint density at radius 1 is 1.40 bits per heavy atom. The number of amides is 1. The van der Waals surface area contributed by atoms with Crippen molar-refractivity contribution < 1.29 is 4.79 Å². The highest BCUT2D eigenvalue weighted by atomic mass is 32.2. The smallest absolute Gasteiger partial charge is 0.237 e. The molecule has 90 valence electrons. The number of carbonyl (C=O) groups excluding carboxylic acids is 1. The maximum Gasteiger partial charge on any atom is 0.237 e. The molecule has 3 nitrogen and oxygen atoms in total. The molecule has 15 heavy (non-hydrogen) atoms. The monoisotopic (exact) mass is 232 g/mol. The quantitative estimate of drug-likeness (QED) is 0.701. The topological polar surface area (TPSA) is 55.1 Å². The van der Waals surface area contributed by atoms with Gasteiger partial charge in [0.2, 0.25) is 5.91 Å². The predicted molar refractivity (Wildman–Crippen MR) is 68.0 cm³/mol. The van der Waals surface area contributed by atoms with Crippen LogP contribution in [0, 0.1) is 5.92 Å². The van der Waals surface area contributed by atoms with Crippen molar-refractivity contribution in [2.24, 2.45) is 11.7 Å². The third-order valence-electron chi connectivity index (χ3n) is 2.18. The van der Waals surface area contributed by atoms with Crippen LogP contribution in [0.3, 0.4) is 0 Å². The zero-order valence-electron chi connectivity index (χ0n) is 10.2. The fourth-order valence-electron chi connectivity index (χ4n) is 1.49. The number of carbonyl (C=O) groups is 1. The summed E-state index contributed by atoms with van der Waals surface area (Å²) in [4.78, 5) is 11.6. The molecule has 0 aromatic carbocycles. The van der Waals surface area contributed by atoms with Gasteiger partial charge in [0.1, 0.15) is 0 Å². The highest BCUT2D eigenvalue weighted by molar-refractivity contribution is 7.98. The van der Waals surface area contributed by atoms with Crippen molar-refractivity contribution in [3.63, 3.8) is 0 Å². The number of nitrogens with two attached hydrogens (primary N) is 1. The standard InChI is InChI=1S/C11H24N2OS/c1-8(2)7-9(3)13-11(14)10(12)5-6-15-4/h8-10H,5-7,12H2,1-4H3,(H,13,14)/t9?,10-/m1/s1. The number of rotatable bonds is 7. The largest absolute Gasteiger partial charge is 0.352 e. The van der Waals surface area contributed by atoms with Gasteiger partial charge in [0.05, 0.1) is 6.04 Å². The first kappa shape index (κ1) is 14.8. The first-order valence-corrected chi connectivity index (χ1v) is 6.91. The zero-order valence-corrected chi connectivity index (χ0v) is 11.1. The van der Waals surface area contributed by atoms with E-state index in [0.29, 0.717) is 5.92 Å². The van der Waals surface area contributed by atoms with Gasteiger partial charge in [-0.2, -0.15) is 11.8 Å². The van der Waals surface area contributed by atoms with Crippen molar-refractivity contribution in [1.29, 1.82) is 0 Å². The number of nitrogens with one attached hydrogen (secondary N) is 1. The molecule has 0 fully saturated rings. The third kappa shape index (κ3) is 7.68. The van der Waals surface area contributed by atoms with Gasteiger partial charge in [0, 0.05) is 6.04 Å². The predicted octanol–water partition coefficient (Wildman–Crippen LogP) is 1.62. The van der Waals surface area contributed by atoms with E-state index in [4.69, 9.17) is 5.73 Å². The molecule has 0 aliphatic heterocycles. The Bertz CT molecular complexity index is 185. The van der Waals surface area contributed by atoms with Crippen LogP contribution >= 0.6 is 11.8 Å². The summed E-state index contributed by atoms with van der Waals surface area (Å²) in [6, 6.07) is -0.134. The molecular weight excluding hydrogens is 208 g/mol. The second kappa shape index (κ2) is 7.99. The summed E-state index contributed by atoms with van der Waals surface area (Å²) < 4.78 is 0. The molecule has 2 atom stereocenters. The third-order valence-corrected chi connectivity index (χ3v) is 2.83. The molecule has 0 aromatic heterocycles. The second-order valence-corrected chi connectivity index (χ2v) is 5.41. The lowest BCUT2D eigenvalue weighted by Gasteiger charge is -2.18. The van der Waals surface area contributed by atoms with E-state index in [-0.39, 0.29) is 18.0 Å². The Kier molecular flexibility index (Phi) is 7.88. The minimum absolute atomic E-state index is 0.0165. The summed E-state index contributed by atoms with van der Waals surface area (Å²) in [7, 11) is 0. The molecule has 1 unspecified atom stereocenters. The Morgan fingerprint density at radius 2 is 2.00 bits per heavy atom. The van der Waals surface area contributed by atoms with Gasteiger partial charge in [-0.3, -0.25) is 4.79 Å². The van der Waals surface area contributed by atoms with Crippen LogP contribution in [0.2, 0.25) is 0 Å².